The van der Waals surface area contributed by atoms with Crippen molar-refractivity contribution in [2.75, 3.05) is 5.75 Å². The van der Waals surface area contributed by atoms with Gasteiger partial charge in [0.2, 0.25) is 11.0 Å². The van der Waals surface area contributed by atoms with Crippen molar-refractivity contribution in [2.24, 2.45) is 5.10 Å². The lowest BCUT2D eigenvalue weighted by atomic mass is 10.1. The zero-order chi connectivity index (χ0) is 18.9. The van der Waals surface area contributed by atoms with Crippen LogP contribution in [0.1, 0.15) is 17.0 Å². The van der Waals surface area contributed by atoms with Crippen molar-refractivity contribution in [1.29, 1.82) is 0 Å². The molecule has 4 aromatic rings. The maximum absolute atomic E-state index is 5.93. The third-order valence-electron chi connectivity index (χ3n) is 4.59. The summed E-state index contributed by atoms with van der Waals surface area (Å²) in [6, 6.07) is 20.1. The first-order valence-corrected chi connectivity index (χ1v) is 9.96. The fourth-order valence-electron chi connectivity index (χ4n) is 3.16. The van der Waals surface area contributed by atoms with Crippen LogP contribution in [0.5, 0.6) is 5.88 Å². The van der Waals surface area contributed by atoms with Gasteiger partial charge < -0.3 is 4.74 Å². The van der Waals surface area contributed by atoms with Gasteiger partial charge in [0.25, 0.3) is 0 Å². The normalized spacial score (nSPS) is 13.2. The minimum atomic E-state index is 0.254. The van der Waals surface area contributed by atoms with Crippen LogP contribution >= 0.6 is 11.8 Å². The Bertz CT molecular complexity index is 1190. The molecule has 0 spiro atoms. The Morgan fingerprint density at radius 1 is 1.04 bits per heavy atom. The Balaban J connectivity index is 1.41. The summed E-state index contributed by atoms with van der Waals surface area (Å²) >= 11 is 1.63. The van der Waals surface area contributed by atoms with E-state index in [0.717, 1.165) is 38.7 Å². The molecule has 28 heavy (non-hydrogen) atoms. The smallest absolute Gasteiger partial charge is 0.214 e. The first-order valence-electron chi connectivity index (χ1n) is 8.97. The number of rotatable bonds is 4. The zero-order valence-corrected chi connectivity index (χ0v) is 16.1. The van der Waals surface area contributed by atoms with Gasteiger partial charge in [-0.05, 0) is 24.1 Å². The molecule has 1 aliphatic rings. The molecule has 0 saturated heterocycles. The fourth-order valence-corrected chi connectivity index (χ4v) is 4.02. The molecule has 6 nitrogen and oxygen atoms in total. The van der Waals surface area contributed by atoms with Gasteiger partial charge in [0, 0.05) is 17.2 Å². The lowest BCUT2D eigenvalue weighted by Crippen LogP contribution is -2.15. The fraction of sp³-hybridized carbons (Fsp3) is 0.143. The van der Waals surface area contributed by atoms with Crippen molar-refractivity contribution in [3.05, 3.63) is 77.6 Å². The summed E-state index contributed by atoms with van der Waals surface area (Å²) in [5.41, 5.74) is 4.15. The van der Waals surface area contributed by atoms with Crippen molar-refractivity contribution >= 4 is 28.4 Å². The van der Waals surface area contributed by atoms with Crippen molar-refractivity contribution in [1.82, 2.24) is 19.9 Å². The lowest BCUT2D eigenvalue weighted by Gasteiger charge is -2.14. The van der Waals surface area contributed by atoms with Crippen molar-refractivity contribution < 1.29 is 4.74 Å². The quantitative estimate of drug-likeness (QED) is 0.528. The minimum Gasteiger partial charge on any atom is -0.469 e. The van der Waals surface area contributed by atoms with E-state index in [-0.39, 0.29) is 6.61 Å². The molecule has 0 fully saturated rings. The van der Waals surface area contributed by atoms with E-state index in [2.05, 4.69) is 40.3 Å². The van der Waals surface area contributed by atoms with Crippen LogP contribution < -0.4 is 4.74 Å². The number of pyridine rings is 1. The predicted molar refractivity (Wildman–Crippen MR) is 110 cm³/mol. The Kier molecular flexibility index (Phi) is 4.29. The maximum atomic E-state index is 5.93. The average molecular weight is 387 g/mol. The number of hydrogen-bond donors (Lipinski definition) is 0. The van der Waals surface area contributed by atoms with Crippen molar-refractivity contribution in [2.45, 2.75) is 18.7 Å². The van der Waals surface area contributed by atoms with Crippen molar-refractivity contribution in [3.8, 4) is 5.88 Å². The van der Waals surface area contributed by atoms with Crippen LogP contribution in [0.15, 0.2) is 70.9 Å². The standard InChI is InChI=1S/C21H17N5OS/c1-14-11-20(22-17-10-6-5-9-16(14)17)27-12-19-23-24-21-26(19)25-18(13-28-21)15-7-3-2-4-8-15/h2-11H,12-13H2,1H3. The van der Waals surface area contributed by atoms with Crippen molar-refractivity contribution in [3.63, 3.8) is 0 Å². The van der Waals surface area contributed by atoms with Crippen LogP contribution in [0, 0.1) is 6.92 Å². The highest BCUT2D eigenvalue weighted by atomic mass is 32.2. The molecule has 138 valence electrons. The largest absolute Gasteiger partial charge is 0.469 e. The second-order valence-corrected chi connectivity index (χ2v) is 7.44. The monoisotopic (exact) mass is 387 g/mol. The first-order chi connectivity index (χ1) is 13.8. The number of fused-ring (bicyclic) bond motifs is 2. The highest BCUT2D eigenvalue weighted by Crippen LogP contribution is 2.25. The molecule has 0 amide bonds. The van der Waals surface area contributed by atoms with E-state index in [1.807, 2.05) is 42.5 Å². The van der Waals surface area contributed by atoms with Crippen LogP contribution in [-0.4, -0.2) is 31.3 Å². The van der Waals surface area contributed by atoms with Crippen LogP contribution in [0.3, 0.4) is 0 Å². The number of thioether (sulfide) groups is 1. The van der Waals surface area contributed by atoms with Crippen LogP contribution in [-0.2, 0) is 6.61 Å². The molecule has 0 bridgehead atoms. The van der Waals surface area contributed by atoms with Crippen LogP contribution in [0.25, 0.3) is 10.9 Å². The molecule has 0 radical (unpaired) electrons. The molecular weight excluding hydrogens is 370 g/mol. The molecule has 3 heterocycles. The van der Waals surface area contributed by atoms with E-state index in [4.69, 9.17) is 9.84 Å². The van der Waals surface area contributed by atoms with Gasteiger partial charge in [-0.3, -0.25) is 0 Å². The van der Waals surface area contributed by atoms with E-state index in [0.29, 0.717) is 11.7 Å². The molecular formula is C21H17N5OS. The molecule has 0 aliphatic carbocycles. The van der Waals surface area contributed by atoms with Gasteiger partial charge in [-0.1, -0.05) is 60.3 Å². The molecule has 0 unspecified atom stereocenters. The molecule has 2 aromatic heterocycles. The van der Waals surface area contributed by atoms with Crippen LogP contribution in [0.2, 0.25) is 0 Å². The van der Waals surface area contributed by atoms with Gasteiger partial charge >= 0.3 is 0 Å². The number of aromatic nitrogens is 4. The maximum Gasteiger partial charge on any atom is 0.214 e. The van der Waals surface area contributed by atoms with Gasteiger partial charge in [-0.15, -0.1) is 10.2 Å². The summed E-state index contributed by atoms with van der Waals surface area (Å²) < 4.78 is 7.70. The zero-order valence-electron chi connectivity index (χ0n) is 15.2. The number of ether oxygens (including phenoxy) is 1. The summed E-state index contributed by atoms with van der Waals surface area (Å²) in [5.74, 6) is 2.00. The van der Waals surface area contributed by atoms with Gasteiger partial charge in [-0.2, -0.15) is 9.78 Å². The third-order valence-corrected chi connectivity index (χ3v) is 5.52. The summed E-state index contributed by atoms with van der Waals surface area (Å²) in [6.45, 7) is 2.31. The third kappa shape index (κ3) is 3.14. The topological polar surface area (TPSA) is 65.2 Å². The Labute approximate surface area is 166 Å². The van der Waals surface area contributed by atoms with Gasteiger partial charge in [0.05, 0.1) is 11.2 Å². The number of hydrogen-bond acceptors (Lipinski definition) is 6. The SMILES string of the molecule is Cc1cc(OCc2nnc3n2N=C(c2ccccc2)CS3)nc2ccccc12. The highest BCUT2D eigenvalue weighted by Gasteiger charge is 2.20. The highest BCUT2D eigenvalue weighted by molar-refractivity contribution is 7.99. The number of nitrogens with zero attached hydrogens (tertiary/aromatic N) is 5. The van der Waals surface area contributed by atoms with E-state index in [1.165, 1.54) is 0 Å². The Morgan fingerprint density at radius 2 is 1.86 bits per heavy atom. The second-order valence-electron chi connectivity index (χ2n) is 6.50. The summed E-state index contributed by atoms with van der Waals surface area (Å²) in [5, 5.41) is 15.1. The van der Waals surface area contributed by atoms with Crippen LogP contribution in [0.4, 0.5) is 0 Å². The number of para-hydroxylation sites is 1. The lowest BCUT2D eigenvalue weighted by molar-refractivity contribution is 0.279. The summed E-state index contributed by atoms with van der Waals surface area (Å²) in [4.78, 5) is 4.59. The van der Waals surface area contributed by atoms with E-state index >= 15 is 0 Å². The van der Waals surface area contributed by atoms with E-state index in [1.54, 1.807) is 16.4 Å². The molecule has 2 aromatic carbocycles. The first kappa shape index (κ1) is 16.9. The van der Waals surface area contributed by atoms with Gasteiger partial charge in [0.15, 0.2) is 12.4 Å². The Morgan fingerprint density at radius 3 is 2.75 bits per heavy atom. The second kappa shape index (κ2) is 7.09. The minimum absolute atomic E-state index is 0.254. The molecule has 0 N–H and O–H groups in total. The molecule has 1 aliphatic heterocycles. The number of benzene rings is 2. The van der Waals surface area contributed by atoms with E-state index in [9.17, 15) is 0 Å². The summed E-state index contributed by atoms with van der Waals surface area (Å²) in [7, 11) is 0. The molecule has 0 atom stereocenters. The molecule has 0 saturated carbocycles. The summed E-state index contributed by atoms with van der Waals surface area (Å²) in [6.07, 6.45) is 0. The Hall–Kier alpha value is -3.19. The average Bonchev–Trinajstić information content (AvgIpc) is 3.15. The van der Waals surface area contributed by atoms with E-state index < -0.39 is 0 Å². The molecule has 7 heteroatoms. The molecule has 5 rings (SSSR count). The van der Waals surface area contributed by atoms with Gasteiger partial charge in [0.1, 0.15) is 0 Å². The van der Waals surface area contributed by atoms with Gasteiger partial charge in [-0.25, -0.2) is 4.98 Å². The predicted octanol–water partition coefficient (Wildman–Crippen LogP) is 4.07. The number of aryl methyl sites for hydroxylation is 1.